The fourth-order valence-corrected chi connectivity index (χ4v) is 3.66. The Bertz CT molecular complexity index is 1310. The molecule has 3 aromatic carbocycles. The average Bonchev–Trinajstić information content (AvgIpc) is 3.05. The van der Waals surface area contributed by atoms with Crippen LogP contribution in [0.25, 0.3) is 0 Å². The third-order valence-electron chi connectivity index (χ3n) is 5.50. The van der Waals surface area contributed by atoms with Crippen LogP contribution < -0.4 is 19.7 Å². The Morgan fingerprint density at radius 1 is 0.882 bits per heavy atom. The van der Waals surface area contributed by atoms with Crippen LogP contribution in [0.15, 0.2) is 77.5 Å². The van der Waals surface area contributed by atoms with Crippen LogP contribution in [-0.4, -0.2) is 24.9 Å². The molecule has 0 aromatic heterocycles. The lowest BCUT2D eigenvalue weighted by Gasteiger charge is -2.18. The summed E-state index contributed by atoms with van der Waals surface area (Å²) in [6.07, 6.45) is 0. The molecule has 1 aliphatic rings. The van der Waals surface area contributed by atoms with Gasteiger partial charge in [0, 0.05) is 5.69 Å². The second-order valence-electron chi connectivity index (χ2n) is 7.62. The molecule has 2 amide bonds. The molecule has 0 atom stereocenters. The first-order valence-electron chi connectivity index (χ1n) is 10.4. The van der Waals surface area contributed by atoms with E-state index >= 15 is 0 Å². The zero-order chi connectivity index (χ0) is 24.4. The summed E-state index contributed by atoms with van der Waals surface area (Å²) in [5.41, 5.74) is 3.02. The van der Waals surface area contributed by atoms with Gasteiger partial charge in [0.2, 0.25) is 0 Å². The van der Waals surface area contributed by atoms with Crippen LogP contribution >= 0.6 is 11.6 Å². The molecule has 1 N–H and O–H groups in total. The second kappa shape index (κ2) is 9.41. The number of amides is 2. The van der Waals surface area contributed by atoms with Crippen molar-refractivity contribution in [2.75, 3.05) is 17.3 Å². The minimum atomic E-state index is -0.595. The molecule has 4 rings (SSSR count). The number of rotatable bonds is 6. The molecular formula is C26H21ClN2O5. The number of methoxy groups -OCH3 is 1. The smallest absolute Gasteiger partial charge is 0.343 e. The molecule has 172 valence electrons. The van der Waals surface area contributed by atoms with Crippen molar-refractivity contribution in [3.8, 4) is 11.5 Å². The van der Waals surface area contributed by atoms with E-state index < -0.39 is 17.8 Å². The third-order valence-corrected chi connectivity index (χ3v) is 5.85. The Morgan fingerprint density at radius 2 is 1.53 bits per heavy atom. The van der Waals surface area contributed by atoms with Gasteiger partial charge in [-0.3, -0.25) is 9.59 Å². The molecule has 0 unspecified atom stereocenters. The predicted molar refractivity (Wildman–Crippen MR) is 129 cm³/mol. The Balaban J connectivity index is 1.48. The SMILES string of the molecule is COc1ccc(OC(=O)c2ccc(NC3=C(Cl)C(=O)N(c4cccc(C)c4C)C3=O)cc2)cc1. The maximum Gasteiger partial charge on any atom is 0.343 e. The number of carbonyl (C=O) groups excluding carboxylic acids is 3. The highest BCUT2D eigenvalue weighted by Crippen LogP contribution is 2.33. The van der Waals surface area contributed by atoms with Crippen molar-refractivity contribution in [3.63, 3.8) is 0 Å². The first-order valence-corrected chi connectivity index (χ1v) is 10.8. The molecule has 7 nitrogen and oxygen atoms in total. The number of imide groups is 1. The molecule has 0 radical (unpaired) electrons. The minimum absolute atomic E-state index is 0.0267. The van der Waals surface area contributed by atoms with E-state index in [0.717, 1.165) is 16.0 Å². The monoisotopic (exact) mass is 476 g/mol. The topological polar surface area (TPSA) is 84.9 Å². The number of hydrogen-bond acceptors (Lipinski definition) is 6. The quantitative estimate of drug-likeness (QED) is 0.307. The summed E-state index contributed by atoms with van der Waals surface area (Å²) in [7, 11) is 1.55. The molecule has 34 heavy (non-hydrogen) atoms. The highest BCUT2D eigenvalue weighted by molar-refractivity contribution is 6.53. The van der Waals surface area contributed by atoms with Crippen molar-refractivity contribution >= 4 is 40.8 Å². The van der Waals surface area contributed by atoms with Crippen molar-refractivity contribution in [2.45, 2.75) is 13.8 Å². The zero-order valence-electron chi connectivity index (χ0n) is 18.7. The zero-order valence-corrected chi connectivity index (χ0v) is 19.5. The van der Waals surface area contributed by atoms with E-state index in [1.807, 2.05) is 19.9 Å². The van der Waals surface area contributed by atoms with Crippen LogP contribution in [0, 0.1) is 13.8 Å². The number of nitrogens with zero attached hydrogens (tertiary/aromatic N) is 1. The van der Waals surface area contributed by atoms with Gasteiger partial charge in [0.05, 0.1) is 18.4 Å². The van der Waals surface area contributed by atoms with Gasteiger partial charge in [-0.05, 0) is 79.6 Å². The lowest BCUT2D eigenvalue weighted by atomic mass is 10.1. The van der Waals surface area contributed by atoms with Gasteiger partial charge in [-0.25, -0.2) is 9.69 Å². The Hall–Kier alpha value is -4.10. The molecule has 1 aliphatic heterocycles. The van der Waals surface area contributed by atoms with Gasteiger partial charge in [-0.15, -0.1) is 0 Å². The first-order chi connectivity index (χ1) is 16.3. The summed E-state index contributed by atoms with van der Waals surface area (Å²) < 4.78 is 10.4. The molecule has 0 saturated heterocycles. The molecule has 0 saturated carbocycles. The van der Waals surface area contributed by atoms with Gasteiger partial charge in [0.15, 0.2) is 0 Å². The van der Waals surface area contributed by atoms with E-state index in [9.17, 15) is 14.4 Å². The van der Waals surface area contributed by atoms with Gasteiger partial charge in [-0.2, -0.15) is 0 Å². The molecular weight excluding hydrogens is 456 g/mol. The van der Waals surface area contributed by atoms with Crippen LogP contribution in [-0.2, 0) is 9.59 Å². The number of anilines is 2. The second-order valence-corrected chi connectivity index (χ2v) is 8.00. The van der Waals surface area contributed by atoms with Crippen LogP contribution in [0.1, 0.15) is 21.5 Å². The first kappa shape index (κ1) is 23.1. The van der Waals surface area contributed by atoms with Crippen molar-refractivity contribution in [1.82, 2.24) is 0 Å². The lowest BCUT2D eigenvalue weighted by Crippen LogP contribution is -2.33. The number of hydrogen-bond donors (Lipinski definition) is 1. The Kier molecular flexibility index (Phi) is 6.38. The van der Waals surface area contributed by atoms with E-state index in [4.69, 9.17) is 21.1 Å². The van der Waals surface area contributed by atoms with E-state index in [1.54, 1.807) is 67.8 Å². The molecule has 0 spiro atoms. The molecule has 8 heteroatoms. The molecule has 0 bridgehead atoms. The number of nitrogens with one attached hydrogen (secondary N) is 1. The fraction of sp³-hybridized carbons (Fsp3) is 0.115. The average molecular weight is 477 g/mol. The summed E-state index contributed by atoms with van der Waals surface area (Å²) in [6.45, 7) is 3.74. The van der Waals surface area contributed by atoms with Gasteiger partial charge in [0.25, 0.3) is 11.8 Å². The van der Waals surface area contributed by atoms with Crippen LogP contribution in [0.5, 0.6) is 11.5 Å². The summed E-state index contributed by atoms with van der Waals surface area (Å²) in [4.78, 5) is 39.3. The van der Waals surface area contributed by atoms with Gasteiger partial charge in [-0.1, -0.05) is 23.7 Å². The van der Waals surface area contributed by atoms with E-state index in [-0.39, 0.29) is 10.7 Å². The number of benzene rings is 3. The van der Waals surface area contributed by atoms with Crippen molar-refractivity contribution in [1.29, 1.82) is 0 Å². The van der Waals surface area contributed by atoms with Crippen LogP contribution in [0.4, 0.5) is 11.4 Å². The van der Waals surface area contributed by atoms with Gasteiger partial charge in [0.1, 0.15) is 22.2 Å². The van der Waals surface area contributed by atoms with Crippen LogP contribution in [0.3, 0.4) is 0 Å². The Morgan fingerprint density at radius 3 is 2.18 bits per heavy atom. The molecule has 0 aliphatic carbocycles. The van der Waals surface area contributed by atoms with Crippen molar-refractivity contribution in [3.05, 3.63) is 94.1 Å². The minimum Gasteiger partial charge on any atom is -0.497 e. The van der Waals surface area contributed by atoms with Gasteiger partial charge < -0.3 is 14.8 Å². The molecule has 0 fully saturated rings. The summed E-state index contributed by atoms with van der Waals surface area (Å²) in [6, 6.07) is 18.3. The summed E-state index contributed by atoms with van der Waals surface area (Å²) >= 11 is 6.23. The number of ether oxygens (including phenoxy) is 2. The predicted octanol–water partition coefficient (Wildman–Crippen LogP) is 4.97. The summed E-state index contributed by atoms with van der Waals surface area (Å²) in [5, 5.41) is 2.70. The van der Waals surface area contributed by atoms with E-state index in [1.165, 1.54) is 0 Å². The molecule has 3 aromatic rings. The number of halogens is 1. The highest BCUT2D eigenvalue weighted by Gasteiger charge is 2.39. The van der Waals surface area contributed by atoms with Crippen molar-refractivity contribution < 1.29 is 23.9 Å². The normalized spacial score (nSPS) is 13.4. The maximum absolute atomic E-state index is 13.0. The van der Waals surface area contributed by atoms with E-state index in [2.05, 4.69) is 5.32 Å². The maximum atomic E-state index is 13.0. The largest absolute Gasteiger partial charge is 0.497 e. The standard InChI is InChI=1S/C26H21ClN2O5/c1-15-5-4-6-21(16(15)2)29-24(30)22(27)23(25(29)31)28-18-9-7-17(8-10-18)26(32)34-20-13-11-19(33-3)12-14-20/h4-14,28H,1-3H3. The summed E-state index contributed by atoms with van der Waals surface area (Å²) in [5.74, 6) is -0.651. The van der Waals surface area contributed by atoms with E-state index in [0.29, 0.717) is 28.4 Å². The highest BCUT2D eigenvalue weighted by atomic mass is 35.5. The lowest BCUT2D eigenvalue weighted by molar-refractivity contribution is -0.120. The number of aryl methyl sites for hydroxylation is 1. The molecule has 1 heterocycles. The Labute approximate surface area is 201 Å². The van der Waals surface area contributed by atoms with Crippen molar-refractivity contribution in [2.24, 2.45) is 0 Å². The number of esters is 1. The fourth-order valence-electron chi connectivity index (χ4n) is 3.45. The third kappa shape index (κ3) is 4.38. The van der Waals surface area contributed by atoms with Gasteiger partial charge >= 0.3 is 5.97 Å². The number of carbonyl (C=O) groups is 3. The van der Waals surface area contributed by atoms with Crippen LogP contribution in [0.2, 0.25) is 0 Å².